The molecule has 1 atom stereocenters. The summed E-state index contributed by atoms with van der Waals surface area (Å²) in [5, 5.41) is 0. The van der Waals surface area contributed by atoms with Crippen LogP contribution in [-0.4, -0.2) is 42.8 Å². The highest BCUT2D eigenvalue weighted by molar-refractivity contribution is 5.74. The van der Waals surface area contributed by atoms with Crippen LogP contribution in [0.2, 0.25) is 0 Å². The van der Waals surface area contributed by atoms with Crippen LogP contribution in [0.1, 0.15) is 32.6 Å². The predicted octanol–water partition coefficient (Wildman–Crippen LogP) is 0.827. The molecule has 0 aliphatic carbocycles. The molecule has 0 radical (unpaired) electrons. The van der Waals surface area contributed by atoms with Crippen LogP contribution in [0.15, 0.2) is 38.1 Å². The number of anilines is 1. The normalized spacial score (nSPS) is 16.9. The van der Waals surface area contributed by atoms with Crippen molar-refractivity contribution in [2.75, 3.05) is 18.0 Å². The van der Waals surface area contributed by atoms with Crippen LogP contribution in [0.25, 0.3) is 11.2 Å². The van der Waals surface area contributed by atoms with Gasteiger partial charge in [-0.3, -0.25) is 9.36 Å². The number of nitrogens with zero attached hydrogens (tertiary/aromatic N) is 6. The summed E-state index contributed by atoms with van der Waals surface area (Å²) in [7, 11) is 1.63. The number of aryl methyl sites for hydroxylation is 1. The van der Waals surface area contributed by atoms with Gasteiger partial charge in [-0.25, -0.2) is 14.3 Å². The fourth-order valence-electron chi connectivity index (χ4n) is 3.85. The van der Waals surface area contributed by atoms with Gasteiger partial charge in [0, 0.05) is 32.7 Å². The highest BCUT2D eigenvalue weighted by Gasteiger charge is 2.26. The van der Waals surface area contributed by atoms with Crippen molar-refractivity contribution in [3.63, 3.8) is 0 Å². The molecular weight excluding hydrogens is 386 g/mol. The van der Waals surface area contributed by atoms with Crippen molar-refractivity contribution < 1.29 is 4.42 Å². The first kappa shape index (κ1) is 20.1. The monoisotopic (exact) mass is 413 g/mol. The molecule has 0 spiro atoms. The molecule has 3 aromatic rings. The zero-order chi connectivity index (χ0) is 21.4. The van der Waals surface area contributed by atoms with E-state index in [1.165, 1.54) is 17.0 Å². The third kappa shape index (κ3) is 3.58. The molecule has 160 valence electrons. The molecule has 10 nitrogen and oxygen atoms in total. The molecule has 4 heterocycles. The first-order chi connectivity index (χ1) is 14.4. The lowest BCUT2D eigenvalue weighted by atomic mass is 10.1. The molecule has 1 fully saturated rings. The lowest BCUT2D eigenvalue weighted by Gasteiger charge is -2.31. The van der Waals surface area contributed by atoms with E-state index in [9.17, 15) is 9.59 Å². The summed E-state index contributed by atoms with van der Waals surface area (Å²) in [4.78, 5) is 37.2. The van der Waals surface area contributed by atoms with E-state index in [1.807, 2.05) is 24.5 Å². The SMILES string of the molecule is CC(C)=CCn1c(N2CCCC(N)C2)nc2c1c(=O)n(Cc1ncco1)c(=O)n2C. The quantitative estimate of drug-likeness (QED) is 0.616. The fourth-order valence-corrected chi connectivity index (χ4v) is 3.85. The first-order valence-corrected chi connectivity index (χ1v) is 10.1. The smallest absolute Gasteiger partial charge is 0.332 e. The molecule has 0 amide bonds. The van der Waals surface area contributed by atoms with Crippen LogP contribution >= 0.6 is 0 Å². The van der Waals surface area contributed by atoms with Crippen molar-refractivity contribution in [2.45, 2.75) is 45.8 Å². The molecule has 1 aliphatic heterocycles. The van der Waals surface area contributed by atoms with Gasteiger partial charge in [-0.1, -0.05) is 11.6 Å². The molecule has 0 aromatic carbocycles. The van der Waals surface area contributed by atoms with E-state index in [0.717, 1.165) is 29.5 Å². The standard InChI is InChI=1S/C20H27N7O3/c1-13(2)6-9-26-16-17(23-19(26)25-8-4-5-14(21)11-25)24(3)20(29)27(18(16)28)12-15-22-7-10-30-15/h6-7,10,14H,4-5,8-9,11-12,21H2,1-3H3. The van der Waals surface area contributed by atoms with Crippen molar-refractivity contribution >= 4 is 17.1 Å². The number of rotatable bonds is 5. The average Bonchev–Trinajstić information content (AvgIpc) is 3.35. The number of oxazole rings is 1. The summed E-state index contributed by atoms with van der Waals surface area (Å²) in [6, 6.07) is 0.0565. The molecule has 30 heavy (non-hydrogen) atoms. The van der Waals surface area contributed by atoms with Crippen LogP contribution in [0.4, 0.5) is 5.95 Å². The van der Waals surface area contributed by atoms with E-state index in [-0.39, 0.29) is 12.6 Å². The second-order valence-electron chi connectivity index (χ2n) is 7.98. The number of fused-ring (bicyclic) bond motifs is 1. The van der Waals surface area contributed by atoms with Crippen molar-refractivity contribution in [1.29, 1.82) is 0 Å². The first-order valence-electron chi connectivity index (χ1n) is 10.1. The van der Waals surface area contributed by atoms with Gasteiger partial charge in [0.1, 0.15) is 12.8 Å². The zero-order valence-corrected chi connectivity index (χ0v) is 17.5. The van der Waals surface area contributed by atoms with Gasteiger partial charge in [0.25, 0.3) is 5.56 Å². The predicted molar refractivity (Wildman–Crippen MR) is 114 cm³/mol. The van der Waals surface area contributed by atoms with E-state index in [4.69, 9.17) is 15.1 Å². The van der Waals surface area contributed by atoms with Gasteiger partial charge in [0.15, 0.2) is 11.2 Å². The maximum Gasteiger partial charge on any atom is 0.332 e. The van der Waals surface area contributed by atoms with E-state index >= 15 is 0 Å². The number of allylic oxidation sites excluding steroid dienone is 2. The minimum atomic E-state index is -0.459. The molecule has 0 saturated carbocycles. The minimum absolute atomic E-state index is 0.0355. The highest BCUT2D eigenvalue weighted by Crippen LogP contribution is 2.23. The van der Waals surface area contributed by atoms with E-state index in [1.54, 1.807) is 7.05 Å². The highest BCUT2D eigenvalue weighted by atomic mass is 16.3. The zero-order valence-electron chi connectivity index (χ0n) is 17.5. The third-order valence-corrected chi connectivity index (χ3v) is 5.41. The van der Waals surface area contributed by atoms with Crippen LogP contribution in [0, 0.1) is 0 Å². The van der Waals surface area contributed by atoms with Crippen molar-refractivity contribution in [2.24, 2.45) is 12.8 Å². The van der Waals surface area contributed by atoms with Crippen LogP contribution in [0.5, 0.6) is 0 Å². The number of aromatic nitrogens is 5. The lowest BCUT2D eigenvalue weighted by Crippen LogP contribution is -2.44. The second kappa shape index (κ2) is 7.94. The number of hydrogen-bond acceptors (Lipinski definition) is 7. The Hall–Kier alpha value is -3.14. The van der Waals surface area contributed by atoms with Crippen molar-refractivity contribution in [3.8, 4) is 0 Å². The summed E-state index contributed by atoms with van der Waals surface area (Å²) in [6.07, 6.45) is 6.87. The van der Waals surface area contributed by atoms with Crippen LogP contribution in [-0.2, 0) is 20.1 Å². The largest absolute Gasteiger partial charge is 0.447 e. The lowest BCUT2D eigenvalue weighted by molar-refractivity contribution is 0.465. The van der Waals surface area contributed by atoms with Gasteiger partial charge >= 0.3 is 5.69 Å². The maximum absolute atomic E-state index is 13.4. The van der Waals surface area contributed by atoms with E-state index in [0.29, 0.717) is 36.1 Å². The molecule has 4 rings (SSSR count). The van der Waals surface area contributed by atoms with Gasteiger partial charge in [0.05, 0.1) is 6.20 Å². The third-order valence-electron chi connectivity index (χ3n) is 5.41. The number of nitrogens with two attached hydrogens (primary N) is 1. The maximum atomic E-state index is 13.4. The molecule has 1 aliphatic rings. The topological polar surface area (TPSA) is 117 Å². The average molecular weight is 413 g/mol. The van der Waals surface area contributed by atoms with Crippen LogP contribution in [0.3, 0.4) is 0 Å². The van der Waals surface area contributed by atoms with Gasteiger partial charge in [-0.2, -0.15) is 4.98 Å². The summed E-state index contributed by atoms with van der Waals surface area (Å²) >= 11 is 0. The molecular formula is C20H27N7O3. The molecule has 1 unspecified atom stereocenters. The summed E-state index contributed by atoms with van der Waals surface area (Å²) < 4.78 is 9.68. The summed E-state index contributed by atoms with van der Waals surface area (Å²) in [6.45, 7) is 5.93. The number of piperidine rings is 1. The Morgan fingerprint density at radius 2 is 2.13 bits per heavy atom. The molecule has 2 N–H and O–H groups in total. The second-order valence-corrected chi connectivity index (χ2v) is 7.98. The molecule has 0 bridgehead atoms. The van der Waals surface area contributed by atoms with Gasteiger partial charge < -0.3 is 19.6 Å². The van der Waals surface area contributed by atoms with Gasteiger partial charge in [-0.05, 0) is 26.7 Å². The Labute approximate surface area is 173 Å². The van der Waals surface area contributed by atoms with E-state index in [2.05, 4.69) is 9.88 Å². The Morgan fingerprint density at radius 1 is 1.33 bits per heavy atom. The van der Waals surface area contributed by atoms with Gasteiger partial charge in [0.2, 0.25) is 11.8 Å². The van der Waals surface area contributed by atoms with Crippen LogP contribution < -0.4 is 21.9 Å². The molecule has 10 heteroatoms. The Bertz CT molecular complexity index is 1200. The Kier molecular flexibility index (Phi) is 5.33. The summed E-state index contributed by atoms with van der Waals surface area (Å²) in [5.41, 5.74) is 7.19. The number of hydrogen-bond donors (Lipinski definition) is 1. The Balaban J connectivity index is 1.94. The Morgan fingerprint density at radius 3 is 2.80 bits per heavy atom. The van der Waals surface area contributed by atoms with Crippen molar-refractivity contribution in [1.82, 2.24) is 23.7 Å². The van der Waals surface area contributed by atoms with Gasteiger partial charge in [-0.15, -0.1) is 0 Å². The fraction of sp³-hybridized carbons (Fsp3) is 0.500. The molecule has 1 saturated heterocycles. The van der Waals surface area contributed by atoms with Crippen molar-refractivity contribution in [3.05, 3.63) is 50.8 Å². The minimum Gasteiger partial charge on any atom is -0.447 e. The number of imidazole rings is 1. The molecule has 3 aromatic heterocycles. The summed E-state index contributed by atoms with van der Waals surface area (Å²) in [5.74, 6) is 0.963. The van der Waals surface area contributed by atoms with E-state index < -0.39 is 11.2 Å².